The second-order valence-corrected chi connectivity index (χ2v) is 27.1. The van der Waals surface area contributed by atoms with Crippen LogP contribution < -0.4 is 29.1 Å². The van der Waals surface area contributed by atoms with Crippen LogP contribution in [0.25, 0.3) is 61.9 Å². The predicted octanol–water partition coefficient (Wildman–Crippen LogP) is 25.4. The Kier molecular flexibility index (Phi) is 11.8. The number of ether oxygens (including phenoxy) is 2. The molecule has 0 radical (unpaired) electrons. The zero-order valence-corrected chi connectivity index (χ0v) is 51.2. The van der Waals surface area contributed by atoms with Crippen molar-refractivity contribution in [3.8, 4) is 23.0 Å². The Labute approximate surface area is 535 Å². The van der Waals surface area contributed by atoms with Gasteiger partial charge in [0.05, 0.1) is 56.9 Å². The molecule has 4 aliphatic rings. The van der Waals surface area contributed by atoms with Crippen LogP contribution in [0.1, 0.15) is 0 Å². The minimum Gasteiger partial charge on any atom is -0.453 e. The van der Waals surface area contributed by atoms with E-state index in [1.165, 1.54) is 116 Å². The van der Waals surface area contributed by atoms with E-state index in [1.807, 2.05) is 82.6 Å². The lowest BCUT2D eigenvalue weighted by Crippen LogP contribution is -2.16. The fourth-order valence-corrected chi connectivity index (χ4v) is 18.0. The first-order valence-electron chi connectivity index (χ1n) is 30.0. The summed E-state index contributed by atoms with van der Waals surface area (Å²) < 4.78 is 18.0. The van der Waals surface area contributed by atoms with Crippen molar-refractivity contribution in [1.82, 2.24) is 0 Å². The maximum absolute atomic E-state index is 6.53. The van der Waals surface area contributed by atoms with Gasteiger partial charge in [0.25, 0.3) is 0 Å². The third-order valence-corrected chi connectivity index (χ3v) is 22.1. The van der Waals surface area contributed by atoms with E-state index in [2.05, 4.69) is 274 Å². The summed E-state index contributed by atoms with van der Waals surface area (Å²) in [6.45, 7) is 0. The Bertz CT molecular complexity index is 5570. The maximum Gasteiger partial charge on any atom is 0.152 e. The number of para-hydroxylation sites is 9. The van der Waals surface area contributed by atoms with Crippen molar-refractivity contribution in [1.29, 1.82) is 0 Å². The molecule has 6 nitrogen and oxygen atoms in total. The van der Waals surface area contributed by atoms with Crippen LogP contribution in [0.5, 0.6) is 23.0 Å². The van der Waals surface area contributed by atoms with E-state index in [-0.39, 0.29) is 0 Å². The molecule has 0 unspecified atom stereocenters. The number of hydrogen-bond acceptors (Lipinski definition) is 10. The Balaban J connectivity index is 0.000000130. The molecular formula is C80H48N4O2S4. The van der Waals surface area contributed by atoms with Crippen molar-refractivity contribution in [2.45, 2.75) is 19.6 Å². The summed E-state index contributed by atoms with van der Waals surface area (Å²) in [7, 11) is 0. The highest BCUT2D eigenvalue weighted by molar-refractivity contribution is 8.00. The lowest BCUT2D eigenvalue weighted by atomic mass is 10.0. The smallest absolute Gasteiger partial charge is 0.152 e. The molecule has 10 heteroatoms. The molecule has 4 aliphatic heterocycles. The third kappa shape index (κ3) is 8.19. The van der Waals surface area contributed by atoms with Crippen LogP contribution in [0.3, 0.4) is 0 Å². The van der Waals surface area contributed by atoms with Gasteiger partial charge in [-0.1, -0.05) is 169 Å². The summed E-state index contributed by atoms with van der Waals surface area (Å²) in [6.07, 6.45) is 0. The predicted molar refractivity (Wildman–Crippen MR) is 381 cm³/mol. The molecule has 0 fully saturated rings. The Morgan fingerprint density at radius 3 is 1.11 bits per heavy atom. The molecule has 0 atom stereocenters. The first kappa shape index (κ1) is 51.6. The van der Waals surface area contributed by atoms with E-state index in [0.717, 1.165) is 57.1 Å². The van der Waals surface area contributed by atoms with Crippen molar-refractivity contribution in [3.05, 3.63) is 291 Å². The van der Waals surface area contributed by atoms with E-state index in [1.54, 1.807) is 0 Å². The van der Waals surface area contributed by atoms with Crippen LogP contribution in [-0.4, -0.2) is 0 Å². The minimum absolute atomic E-state index is 0.851. The molecule has 2 aromatic heterocycles. The van der Waals surface area contributed by atoms with E-state index < -0.39 is 0 Å². The molecule has 0 spiro atoms. The number of nitrogens with zero attached hydrogens (tertiary/aromatic N) is 4. The van der Waals surface area contributed by atoms with E-state index in [0.29, 0.717) is 0 Å². The van der Waals surface area contributed by atoms with Gasteiger partial charge in [0.15, 0.2) is 23.0 Å². The van der Waals surface area contributed by atoms with Crippen LogP contribution in [0.2, 0.25) is 0 Å². The van der Waals surface area contributed by atoms with Crippen LogP contribution >= 0.6 is 46.2 Å². The van der Waals surface area contributed by atoms with Gasteiger partial charge in [0.1, 0.15) is 0 Å². The highest BCUT2D eigenvalue weighted by Crippen LogP contribution is 2.59. The second-order valence-electron chi connectivity index (χ2n) is 22.8. The largest absolute Gasteiger partial charge is 0.453 e. The maximum atomic E-state index is 6.53. The first-order chi connectivity index (χ1) is 44.6. The molecule has 424 valence electrons. The Morgan fingerprint density at radius 1 is 0.211 bits per heavy atom. The summed E-state index contributed by atoms with van der Waals surface area (Å²) in [5, 5.41) is 9.95. The van der Waals surface area contributed by atoms with Crippen molar-refractivity contribution in [2.24, 2.45) is 0 Å². The average molecular weight is 1230 g/mol. The molecule has 16 aromatic rings. The van der Waals surface area contributed by atoms with Gasteiger partial charge in [-0.15, -0.1) is 22.7 Å². The van der Waals surface area contributed by atoms with Crippen molar-refractivity contribution in [2.75, 3.05) is 19.6 Å². The highest BCUT2D eigenvalue weighted by atomic mass is 32.2. The first-order valence-corrected chi connectivity index (χ1v) is 33.3. The van der Waals surface area contributed by atoms with Gasteiger partial charge in [0, 0.05) is 82.1 Å². The number of fused-ring (bicyclic) bond motifs is 16. The monoisotopic (exact) mass is 1220 g/mol. The lowest BCUT2D eigenvalue weighted by molar-refractivity contribution is 0.477. The number of thiophene rings is 2. The quantitative estimate of drug-likeness (QED) is 0.172. The number of rotatable bonds is 4. The zero-order valence-electron chi connectivity index (χ0n) is 48.0. The van der Waals surface area contributed by atoms with Gasteiger partial charge >= 0.3 is 0 Å². The topological polar surface area (TPSA) is 31.4 Å². The lowest BCUT2D eigenvalue weighted by Gasteiger charge is -2.35. The molecule has 0 saturated heterocycles. The van der Waals surface area contributed by atoms with Gasteiger partial charge in [-0.3, -0.25) is 0 Å². The summed E-state index contributed by atoms with van der Waals surface area (Å²) in [4.78, 5) is 14.7. The standard InChI is InChI=1S/C40H24N2O2S.C40H24N2S3/c1-8-16-39-29(9-1)30-23-38-34(24-40(30)45-39)42(33-12-4-7-15-37(33)44-38)28-20-18-25-21-27(19-17-26(25)22-28)41-31-10-2-5-13-35(31)43-36-14-6-3-11-32(36)41;1-5-19-35-27(11-1)28-23-40-34(24-39(28)43-35)42(33-16-4-8-22-38(33)45-40)30-18-10-12-25-26(30)13-9-17-29(25)41-31-14-2-6-20-36(31)44-37-21-7-3-15-32(37)41/h2*1-24H. The fraction of sp³-hybridized carbons (Fsp3) is 0. The molecule has 0 N–H and O–H groups in total. The molecule has 20 rings (SSSR count). The van der Waals surface area contributed by atoms with Gasteiger partial charge in [0.2, 0.25) is 0 Å². The number of hydrogen-bond donors (Lipinski definition) is 0. The number of anilines is 12. The second kappa shape index (κ2) is 20.6. The summed E-state index contributed by atoms with van der Waals surface area (Å²) in [5.41, 5.74) is 13.6. The molecule has 6 heterocycles. The average Bonchev–Trinajstić information content (AvgIpc) is 1.53. The third-order valence-electron chi connectivity index (χ3n) is 17.6. The molecule has 0 saturated carbocycles. The summed E-state index contributed by atoms with van der Waals surface area (Å²) >= 11 is 7.43. The van der Waals surface area contributed by atoms with Gasteiger partial charge < -0.3 is 29.1 Å². The van der Waals surface area contributed by atoms with E-state index in [9.17, 15) is 0 Å². The van der Waals surface area contributed by atoms with Gasteiger partial charge in [-0.05, 0) is 156 Å². The normalized spacial score (nSPS) is 13.3. The molecule has 0 amide bonds. The Morgan fingerprint density at radius 2 is 0.589 bits per heavy atom. The Hall–Kier alpha value is -10.5. The van der Waals surface area contributed by atoms with Crippen molar-refractivity contribution in [3.63, 3.8) is 0 Å². The minimum atomic E-state index is 0.851. The van der Waals surface area contributed by atoms with Gasteiger partial charge in [-0.25, -0.2) is 0 Å². The number of benzene rings is 14. The molecule has 90 heavy (non-hydrogen) atoms. The summed E-state index contributed by atoms with van der Waals surface area (Å²) in [5.74, 6) is 3.42. The molecular weight excluding hydrogens is 1180 g/mol. The van der Waals surface area contributed by atoms with Gasteiger partial charge in [-0.2, -0.15) is 0 Å². The van der Waals surface area contributed by atoms with Crippen LogP contribution in [0.4, 0.5) is 68.2 Å². The molecule has 0 aliphatic carbocycles. The van der Waals surface area contributed by atoms with Crippen molar-refractivity contribution >= 4 is 176 Å². The zero-order chi connectivity index (χ0) is 59.0. The SMILES string of the molecule is c1ccc2c(c1)Oc1ccccc1N2c1ccc2cc(N3c4ccccc4Oc4cc5c(cc43)sc3ccccc35)ccc2c1.c1ccc2c(c1)Sc1ccccc1N2c1cccc2c(N3c4ccccc4Sc4cc5c(cc43)sc3ccccc35)cccc12. The summed E-state index contributed by atoms with van der Waals surface area (Å²) in [6, 6.07) is 105. The van der Waals surface area contributed by atoms with Crippen LogP contribution in [0.15, 0.2) is 311 Å². The molecule has 14 aromatic carbocycles. The molecule has 0 bridgehead atoms. The van der Waals surface area contributed by atoms with Crippen LogP contribution in [-0.2, 0) is 0 Å². The van der Waals surface area contributed by atoms with Crippen molar-refractivity contribution < 1.29 is 9.47 Å². The van der Waals surface area contributed by atoms with E-state index in [4.69, 9.17) is 9.47 Å². The van der Waals surface area contributed by atoms with Crippen LogP contribution in [0, 0.1) is 0 Å². The van der Waals surface area contributed by atoms with E-state index >= 15 is 0 Å². The fourth-order valence-electron chi connectivity index (χ4n) is 13.6. The highest BCUT2D eigenvalue weighted by Gasteiger charge is 2.32.